The summed E-state index contributed by atoms with van der Waals surface area (Å²) < 4.78 is 11.7. The van der Waals surface area contributed by atoms with E-state index >= 15 is 0 Å². The van der Waals surface area contributed by atoms with E-state index in [1.807, 2.05) is 79.5 Å². The molecule has 6 nitrogen and oxygen atoms in total. The van der Waals surface area contributed by atoms with Gasteiger partial charge in [-0.25, -0.2) is 0 Å². The fourth-order valence-electron chi connectivity index (χ4n) is 4.24. The fraction of sp³-hybridized carbons (Fsp3) is 0.231. The molecule has 0 fully saturated rings. The minimum atomic E-state index is -0.535. The Labute approximate surface area is 186 Å². The molecule has 0 saturated heterocycles. The number of aromatic amines is 1. The molecule has 2 heterocycles. The first-order valence-corrected chi connectivity index (χ1v) is 10.6. The van der Waals surface area contributed by atoms with Gasteiger partial charge < -0.3 is 14.4 Å². The molecule has 0 radical (unpaired) electrons. The topological polar surface area (TPSA) is 67.5 Å². The monoisotopic (exact) mass is 427 g/mol. The maximum Gasteiger partial charge on any atom is 0.258 e. The Kier molecular flexibility index (Phi) is 4.85. The molecule has 5 rings (SSSR count). The van der Waals surface area contributed by atoms with Crippen molar-refractivity contribution in [1.29, 1.82) is 0 Å². The zero-order valence-electron chi connectivity index (χ0n) is 18.4. The maximum atomic E-state index is 13.5. The minimum absolute atomic E-state index is 0.0368. The van der Waals surface area contributed by atoms with Gasteiger partial charge >= 0.3 is 0 Å². The van der Waals surface area contributed by atoms with Gasteiger partial charge in [0.05, 0.1) is 30.9 Å². The number of aromatic nitrogens is 2. The second kappa shape index (κ2) is 7.71. The summed E-state index contributed by atoms with van der Waals surface area (Å²) in [7, 11) is 1.64. The van der Waals surface area contributed by atoms with Crippen molar-refractivity contribution in [3.05, 3.63) is 78.0 Å². The van der Waals surface area contributed by atoms with Crippen LogP contribution in [0.5, 0.6) is 11.5 Å². The zero-order chi connectivity index (χ0) is 22.3. The van der Waals surface area contributed by atoms with E-state index in [9.17, 15) is 4.79 Å². The molecule has 32 heavy (non-hydrogen) atoms. The Morgan fingerprint density at radius 3 is 2.75 bits per heavy atom. The predicted molar refractivity (Wildman–Crippen MR) is 124 cm³/mol. The van der Waals surface area contributed by atoms with Gasteiger partial charge in [-0.15, -0.1) is 0 Å². The highest BCUT2D eigenvalue weighted by Crippen LogP contribution is 2.35. The van der Waals surface area contributed by atoms with Crippen molar-refractivity contribution in [2.45, 2.75) is 26.0 Å². The van der Waals surface area contributed by atoms with Crippen molar-refractivity contribution in [1.82, 2.24) is 15.1 Å². The highest BCUT2D eigenvalue weighted by molar-refractivity contribution is 5.98. The summed E-state index contributed by atoms with van der Waals surface area (Å²) in [6.07, 6.45) is 1.81. The number of hydrogen-bond donors (Lipinski definition) is 1. The van der Waals surface area contributed by atoms with Crippen molar-refractivity contribution >= 4 is 16.8 Å². The lowest BCUT2D eigenvalue weighted by Gasteiger charge is -2.29. The number of nitrogens with one attached hydrogen (secondary N) is 1. The van der Waals surface area contributed by atoms with Crippen LogP contribution >= 0.6 is 0 Å². The molecule has 0 bridgehead atoms. The largest absolute Gasteiger partial charge is 0.497 e. The average Bonchev–Trinajstić information content (AvgIpc) is 3.22. The van der Waals surface area contributed by atoms with E-state index in [2.05, 4.69) is 16.3 Å². The van der Waals surface area contributed by atoms with Crippen molar-refractivity contribution in [2.24, 2.45) is 0 Å². The van der Waals surface area contributed by atoms with Crippen LogP contribution in [0.25, 0.3) is 22.0 Å². The van der Waals surface area contributed by atoms with Gasteiger partial charge in [0, 0.05) is 11.9 Å². The van der Waals surface area contributed by atoms with E-state index < -0.39 is 5.60 Å². The Bertz CT molecular complexity index is 1310. The summed E-state index contributed by atoms with van der Waals surface area (Å²) in [5.74, 6) is 1.35. The number of methoxy groups -OCH3 is 1. The molecule has 1 aliphatic rings. The van der Waals surface area contributed by atoms with Gasteiger partial charge in [0.2, 0.25) is 0 Å². The number of benzene rings is 3. The molecular formula is C26H25N3O3. The third kappa shape index (κ3) is 3.80. The van der Waals surface area contributed by atoms with Crippen LogP contribution in [0.15, 0.2) is 66.9 Å². The number of hydrogen-bond acceptors (Lipinski definition) is 4. The fourth-order valence-corrected chi connectivity index (χ4v) is 4.24. The van der Waals surface area contributed by atoms with Gasteiger partial charge in [-0.3, -0.25) is 9.89 Å². The van der Waals surface area contributed by atoms with Gasteiger partial charge in [-0.2, -0.15) is 5.10 Å². The third-order valence-corrected chi connectivity index (χ3v) is 5.74. The number of rotatable bonds is 4. The zero-order valence-corrected chi connectivity index (χ0v) is 18.4. The number of amides is 1. The molecule has 0 aliphatic carbocycles. The summed E-state index contributed by atoms with van der Waals surface area (Å²) in [6, 6.07) is 19.7. The molecule has 1 aliphatic heterocycles. The third-order valence-electron chi connectivity index (χ3n) is 5.74. The first-order valence-electron chi connectivity index (χ1n) is 10.6. The molecule has 0 atom stereocenters. The summed E-state index contributed by atoms with van der Waals surface area (Å²) in [5.41, 5.74) is 4.09. The molecule has 0 unspecified atom stereocenters. The van der Waals surface area contributed by atoms with Crippen molar-refractivity contribution in [2.75, 3.05) is 13.7 Å². The summed E-state index contributed by atoms with van der Waals surface area (Å²) in [6.45, 7) is 4.99. The van der Waals surface area contributed by atoms with Gasteiger partial charge in [-0.1, -0.05) is 24.3 Å². The highest BCUT2D eigenvalue weighted by Gasteiger charge is 2.34. The Balaban J connectivity index is 1.50. The van der Waals surface area contributed by atoms with Crippen LogP contribution in [0.3, 0.4) is 0 Å². The van der Waals surface area contributed by atoms with E-state index in [-0.39, 0.29) is 5.91 Å². The number of carbonyl (C=O) groups excluding carboxylic acids is 1. The van der Waals surface area contributed by atoms with Gasteiger partial charge in [0.1, 0.15) is 17.1 Å². The van der Waals surface area contributed by atoms with Crippen molar-refractivity contribution < 1.29 is 14.3 Å². The van der Waals surface area contributed by atoms with Crippen LogP contribution in [0, 0.1) is 0 Å². The standard InChI is InChI=1S/C26H25N3O3/c1-26(2)16-29(15-17-5-4-6-21(11-17)31-3)25(30)22-9-7-19(13-24(22)32-26)18-8-10-23-20(12-18)14-27-28-23/h4-14H,15-16H2,1-3H3,(H,27,28). The average molecular weight is 428 g/mol. The molecule has 0 spiro atoms. The molecule has 3 aromatic carbocycles. The van der Waals surface area contributed by atoms with Gasteiger partial charge in [0.15, 0.2) is 0 Å². The van der Waals surface area contributed by atoms with E-state index in [0.717, 1.165) is 33.3 Å². The van der Waals surface area contributed by atoms with E-state index in [4.69, 9.17) is 9.47 Å². The lowest BCUT2D eigenvalue weighted by atomic mass is 10.0. The Morgan fingerprint density at radius 2 is 1.91 bits per heavy atom. The van der Waals surface area contributed by atoms with Crippen LogP contribution in [0.2, 0.25) is 0 Å². The molecule has 1 amide bonds. The smallest absolute Gasteiger partial charge is 0.258 e. The second-order valence-corrected chi connectivity index (χ2v) is 8.76. The molecule has 6 heteroatoms. The SMILES string of the molecule is COc1cccc(CN2CC(C)(C)Oc3cc(-c4ccc5[nH]ncc5c4)ccc3C2=O)c1. The van der Waals surface area contributed by atoms with Crippen LogP contribution in [-0.2, 0) is 6.54 Å². The quantitative estimate of drug-likeness (QED) is 0.495. The normalized spacial score (nSPS) is 15.2. The summed E-state index contributed by atoms with van der Waals surface area (Å²) >= 11 is 0. The van der Waals surface area contributed by atoms with Crippen LogP contribution in [-0.4, -0.2) is 40.3 Å². The maximum absolute atomic E-state index is 13.5. The number of ether oxygens (including phenoxy) is 2. The minimum Gasteiger partial charge on any atom is -0.497 e. The van der Waals surface area contributed by atoms with Gasteiger partial charge in [-0.05, 0) is 66.9 Å². The molecule has 162 valence electrons. The lowest BCUT2D eigenvalue weighted by Crippen LogP contribution is -2.42. The number of fused-ring (bicyclic) bond motifs is 2. The van der Waals surface area contributed by atoms with Gasteiger partial charge in [0.25, 0.3) is 5.91 Å². The highest BCUT2D eigenvalue weighted by atomic mass is 16.5. The Morgan fingerprint density at radius 1 is 1.09 bits per heavy atom. The molecule has 1 N–H and O–H groups in total. The summed E-state index contributed by atoms with van der Waals surface area (Å²) in [5, 5.41) is 8.11. The van der Waals surface area contributed by atoms with E-state index in [1.54, 1.807) is 7.11 Å². The molecule has 0 saturated carbocycles. The number of H-pyrrole nitrogens is 1. The second-order valence-electron chi connectivity index (χ2n) is 8.76. The summed E-state index contributed by atoms with van der Waals surface area (Å²) in [4.78, 5) is 15.3. The van der Waals surface area contributed by atoms with Crippen LogP contribution in [0.4, 0.5) is 0 Å². The van der Waals surface area contributed by atoms with Crippen LogP contribution in [0.1, 0.15) is 29.8 Å². The number of carbonyl (C=O) groups is 1. The van der Waals surface area contributed by atoms with Crippen LogP contribution < -0.4 is 9.47 Å². The van der Waals surface area contributed by atoms with E-state index in [1.165, 1.54) is 0 Å². The molecular weight excluding hydrogens is 402 g/mol. The molecule has 1 aromatic heterocycles. The number of nitrogens with zero attached hydrogens (tertiary/aromatic N) is 2. The Hall–Kier alpha value is -3.80. The first kappa shape index (κ1) is 20.1. The van der Waals surface area contributed by atoms with Crippen molar-refractivity contribution in [3.63, 3.8) is 0 Å². The molecule has 4 aromatic rings. The van der Waals surface area contributed by atoms with E-state index in [0.29, 0.717) is 24.4 Å². The predicted octanol–water partition coefficient (Wildman–Crippen LogP) is 5.05. The lowest BCUT2D eigenvalue weighted by molar-refractivity contribution is 0.0520. The first-order chi connectivity index (χ1) is 15.4. The van der Waals surface area contributed by atoms with Crippen molar-refractivity contribution in [3.8, 4) is 22.6 Å².